The van der Waals surface area contributed by atoms with Gasteiger partial charge in [-0.05, 0) is 48.8 Å². The summed E-state index contributed by atoms with van der Waals surface area (Å²) in [5.74, 6) is 3.11. The van der Waals surface area contributed by atoms with Gasteiger partial charge in [-0.1, -0.05) is 41.8 Å². The molecule has 1 heterocycles. The van der Waals surface area contributed by atoms with Crippen molar-refractivity contribution in [1.82, 2.24) is 5.16 Å². The fourth-order valence-corrected chi connectivity index (χ4v) is 4.59. The second-order valence-electron chi connectivity index (χ2n) is 8.05. The predicted octanol–water partition coefficient (Wildman–Crippen LogP) is 4.26. The van der Waals surface area contributed by atoms with E-state index < -0.39 is 5.97 Å². The molecule has 2 unspecified atom stereocenters. The Kier molecular flexibility index (Phi) is 6.88. The number of carbonyl (C=O) groups excluding carboxylic acids is 1. The minimum absolute atomic E-state index is 0.337. The molecule has 9 heteroatoms. The van der Waals surface area contributed by atoms with E-state index in [0.717, 1.165) is 17.5 Å². The van der Waals surface area contributed by atoms with Crippen molar-refractivity contribution in [2.75, 3.05) is 26.1 Å². The molecule has 4 rings (SSSR count). The number of anilines is 1. The van der Waals surface area contributed by atoms with Gasteiger partial charge in [0.25, 0.3) is 0 Å². The van der Waals surface area contributed by atoms with Gasteiger partial charge in [-0.25, -0.2) is 4.79 Å². The van der Waals surface area contributed by atoms with Gasteiger partial charge in [-0.2, -0.15) is 0 Å². The van der Waals surface area contributed by atoms with Gasteiger partial charge in [0.1, 0.15) is 24.2 Å². The van der Waals surface area contributed by atoms with Crippen molar-refractivity contribution in [2.24, 2.45) is 11.8 Å². The van der Waals surface area contributed by atoms with E-state index in [-0.39, 0.29) is 0 Å². The summed E-state index contributed by atoms with van der Waals surface area (Å²) in [6.07, 6.45) is 2.04. The number of ether oxygens (including phenoxy) is 3. The van der Waals surface area contributed by atoms with Gasteiger partial charge >= 0.3 is 5.97 Å². The Morgan fingerprint density at radius 3 is 2.48 bits per heavy atom. The number of nitrogens with zero attached hydrogens (tertiary/aromatic N) is 1. The summed E-state index contributed by atoms with van der Waals surface area (Å²) in [5.41, 5.74) is 2.90. The third-order valence-corrected chi connectivity index (χ3v) is 6.71. The van der Waals surface area contributed by atoms with Crippen LogP contribution in [-0.2, 0) is 11.2 Å². The third kappa shape index (κ3) is 4.98. The van der Waals surface area contributed by atoms with E-state index in [1.165, 1.54) is 39.7 Å². The van der Waals surface area contributed by atoms with Crippen LogP contribution in [0.5, 0.6) is 11.5 Å². The molecule has 0 aliphatic heterocycles. The Balaban J connectivity index is 1.65. The highest BCUT2D eigenvalue weighted by atomic mass is 32.2. The first-order valence-corrected chi connectivity index (χ1v) is 11.4. The maximum atomic E-state index is 12.0. The SMILES string of the molecule is [B]c1cccc(-c2onc(NSc3c(OC)cc(C(=O)OC)cc3OC)c2CC2CC2C)c1. The molecule has 0 amide bonds. The zero-order valence-corrected chi connectivity index (χ0v) is 19.8. The van der Waals surface area contributed by atoms with Crippen LogP contribution in [0.15, 0.2) is 45.8 Å². The highest BCUT2D eigenvalue weighted by molar-refractivity contribution is 8.00. The Bertz CT molecular complexity index is 1140. The molecule has 33 heavy (non-hydrogen) atoms. The maximum absolute atomic E-state index is 12.0. The largest absolute Gasteiger partial charge is 0.495 e. The predicted molar refractivity (Wildman–Crippen MR) is 129 cm³/mol. The van der Waals surface area contributed by atoms with Crippen molar-refractivity contribution in [2.45, 2.75) is 24.7 Å². The summed E-state index contributed by atoms with van der Waals surface area (Å²) in [4.78, 5) is 12.7. The van der Waals surface area contributed by atoms with E-state index >= 15 is 0 Å². The van der Waals surface area contributed by atoms with Crippen molar-refractivity contribution in [3.63, 3.8) is 0 Å². The van der Waals surface area contributed by atoms with E-state index in [1.807, 2.05) is 24.3 Å². The standard InChI is InChI=1S/C24H25BN2O5S/c1-13-8-15(13)10-18-21(14-6-5-7-17(25)9-14)32-26-23(18)27-33-22-19(29-2)11-16(24(28)31-4)12-20(22)30-3/h5-7,9,11-13,15H,8,10H2,1-4H3,(H,26,27). The molecule has 1 aromatic heterocycles. The summed E-state index contributed by atoms with van der Waals surface area (Å²) in [6.45, 7) is 2.25. The Labute approximate surface area is 198 Å². The van der Waals surface area contributed by atoms with Gasteiger partial charge in [0.2, 0.25) is 0 Å². The van der Waals surface area contributed by atoms with E-state index in [2.05, 4.69) is 16.8 Å². The summed E-state index contributed by atoms with van der Waals surface area (Å²) in [5, 5.41) is 4.31. The second kappa shape index (κ2) is 9.83. The number of aromatic nitrogens is 1. The van der Waals surface area contributed by atoms with Gasteiger partial charge in [0.05, 0.1) is 26.9 Å². The highest BCUT2D eigenvalue weighted by Crippen LogP contribution is 2.45. The van der Waals surface area contributed by atoms with Crippen molar-refractivity contribution < 1.29 is 23.5 Å². The highest BCUT2D eigenvalue weighted by Gasteiger charge is 2.35. The van der Waals surface area contributed by atoms with Crippen LogP contribution < -0.4 is 19.7 Å². The topological polar surface area (TPSA) is 82.8 Å². The average Bonchev–Trinajstić information content (AvgIpc) is 3.37. The Hall–Kier alpha value is -3.07. The van der Waals surface area contributed by atoms with Gasteiger partial charge < -0.3 is 23.5 Å². The molecule has 0 spiro atoms. The molecular formula is C24H25BN2O5S. The number of methoxy groups -OCH3 is 3. The monoisotopic (exact) mass is 464 g/mol. The number of hydrogen-bond acceptors (Lipinski definition) is 8. The quantitative estimate of drug-likeness (QED) is 0.286. The minimum Gasteiger partial charge on any atom is -0.495 e. The number of benzene rings is 2. The molecule has 2 atom stereocenters. The molecule has 1 saturated carbocycles. The molecule has 2 radical (unpaired) electrons. The van der Waals surface area contributed by atoms with Crippen molar-refractivity contribution >= 4 is 37.0 Å². The number of rotatable bonds is 9. The van der Waals surface area contributed by atoms with Crippen LogP contribution in [0, 0.1) is 11.8 Å². The van der Waals surface area contributed by atoms with Crippen molar-refractivity contribution in [3.8, 4) is 22.8 Å². The Morgan fingerprint density at radius 1 is 1.21 bits per heavy atom. The van der Waals surface area contributed by atoms with Crippen LogP contribution in [0.4, 0.5) is 5.82 Å². The van der Waals surface area contributed by atoms with E-state index in [9.17, 15) is 4.79 Å². The number of hydrogen-bond donors (Lipinski definition) is 1. The first-order valence-electron chi connectivity index (χ1n) is 10.6. The van der Waals surface area contributed by atoms with Crippen LogP contribution in [0.1, 0.15) is 29.3 Å². The fourth-order valence-electron chi connectivity index (χ4n) is 3.75. The summed E-state index contributed by atoms with van der Waals surface area (Å²) in [7, 11) is 10.4. The third-order valence-electron chi connectivity index (χ3n) is 5.81. The summed E-state index contributed by atoms with van der Waals surface area (Å²) >= 11 is 1.28. The molecule has 170 valence electrons. The van der Waals surface area contributed by atoms with Crippen LogP contribution in [-0.4, -0.2) is 40.3 Å². The number of esters is 1. The molecule has 3 aromatic rings. The average molecular weight is 464 g/mol. The smallest absolute Gasteiger partial charge is 0.338 e. The molecule has 7 nitrogen and oxygen atoms in total. The zero-order chi connectivity index (χ0) is 23.5. The molecule has 1 aliphatic carbocycles. The van der Waals surface area contributed by atoms with Crippen LogP contribution >= 0.6 is 11.9 Å². The summed E-state index contributed by atoms with van der Waals surface area (Å²) < 4.78 is 24.9. The van der Waals surface area contributed by atoms with Crippen LogP contribution in [0.25, 0.3) is 11.3 Å². The first-order chi connectivity index (χ1) is 15.9. The van der Waals surface area contributed by atoms with Gasteiger partial charge in [-0.15, -0.1) is 0 Å². The molecular weight excluding hydrogens is 439 g/mol. The van der Waals surface area contributed by atoms with Crippen molar-refractivity contribution in [1.29, 1.82) is 0 Å². The lowest BCUT2D eigenvalue weighted by Gasteiger charge is -2.14. The normalized spacial score (nSPS) is 16.8. The van der Waals surface area contributed by atoms with Crippen molar-refractivity contribution in [3.05, 3.63) is 47.5 Å². The first kappa shape index (κ1) is 23.1. The molecule has 1 aliphatic rings. The van der Waals surface area contributed by atoms with Gasteiger partial charge in [-0.3, -0.25) is 0 Å². The molecule has 1 N–H and O–H groups in total. The fraction of sp³-hybridized carbons (Fsp3) is 0.333. The van der Waals surface area contributed by atoms with Crippen LogP contribution in [0.3, 0.4) is 0 Å². The number of nitrogens with one attached hydrogen (secondary N) is 1. The molecule has 0 bridgehead atoms. The minimum atomic E-state index is -0.472. The van der Waals surface area contributed by atoms with E-state index in [0.29, 0.717) is 50.8 Å². The van der Waals surface area contributed by atoms with E-state index in [1.54, 1.807) is 12.1 Å². The summed E-state index contributed by atoms with van der Waals surface area (Å²) in [6, 6.07) is 10.8. The Morgan fingerprint density at radius 2 is 1.91 bits per heavy atom. The zero-order valence-electron chi connectivity index (χ0n) is 19.0. The molecule has 0 saturated heterocycles. The van der Waals surface area contributed by atoms with Gasteiger partial charge in [0.15, 0.2) is 11.6 Å². The maximum Gasteiger partial charge on any atom is 0.338 e. The molecule has 1 fully saturated rings. The lowest BCUT2D eigenvalue weighted by molar-refractivity contribution is 0.0599. The van der Waals surface area contributed by atoms with Crippen LogP contribution in [0.2, 0.25) is 0 Å². The lowest BCUT2D eigenvalue weighted by atomic mass is 9.93. The number of carbonyl (C=O) groups is 1. The van der Waals surface area contributed by atoms with E-state index in [4.69, 9.17) is 26.6 Å². The molecule has 2 aromatic carbocycles. The lowest BCUT2D eigenvalue weighted by Crippen LogP contribution is -2.04. The second-order valence-corrected chi connectivity index (χ2v) is 8.86. The van der Waals surface area contributed by atoms with Gasteiger partial charge in [0, 0.05) is 11.1 Å².